The summed E-state index contributed by atoms with van der Waals surface area (Å²) in [7, 11) is 0. The molecule has 2 unspecified atom stereocenters. The molecule has 37 heavy (non-hydrogen) atoms. The molecule has 2 fully saturated rings. The fourth-order valence-electron chi connectivity index (χ4n) is 5.90. The molecule has 1 amide bonds. The van der Waals surface area contributed by atoms with E-state index in [-0.39, 0.29) is 23.8 Å². The van der Waals surface area contributed by atoms with E-state index in [0.717, 1.165) is 17.5 Å². The number of hydrogen-bond donors (Lipinski definition) is 1. The quantitative estimate of drug-likeness (QED) is 0.441. The van der Waals surface area contributed by atoms with Crippen LogP contribution in [0.3, 0.4) is 0 Å². The van der Waals surface area contributed by atoms with Crippen molar-refractivity contribution < 1.29 is 14.3 Å². The molecular weight excluding hydrogens is 473 g/mol. The Kier molecular flexibility index (Phi) is 5.18. The number of benzene rings is 1. The van der Waals surface area contributed by atoms with Gasteiger partial charge in [0.1, 0.15) is 11.5 Å². The van der Waals surface area contributed by atoms with Gasteiger partial charge in [0.25, 0.3) is 0 Å². The van der Waals surface area contributed by atoms with Gasteiger partial charge in [-0.25, -0.2) is 28.8 Å². The number of amides is 1. The second-order valence-corrected chi connectivity index (χ2v) is 10.9. The van der Waals surface area contributed by atoms with Gasteiger partial charge in [-0.3, -0.25) is 4.90 Å². The van der Waals surface area contributed by atoms with Crippen LogP contribution in [0.4, 0.5) is 14.9 Å². The van der Waals surface area contributed by atoms with E-state index in [1.54, 1.807) is 46.4 Å². The standard InChI is InChI=1S/C27H28FN7O2/c1-26(2,3)27-11-18(15-34(27)25(36)37)33(16-27)19-12-30-23(31-13-19)22-20-8-6-10-29-24(20)35(32-22)14-17-7-4-5-9-21(17)28/h4-10,12-13,18H,11,14-16H2,1-3H3,(H,36,37). The first-order valence-corrected chi connectivity index (χ1v) is 12.3. The highest BCUT2D eigenvalue weighted by molar-refractivity contribution is 5.89. The molecule has 5 heterocycles. The number of nitrogens with zero attached hydrogens (tertiary/aromatic N) is 7. The van der Waals surface area contributed by atoms with Crippen LogP contribution < -0.4 is 4.90 Å². The Balaban J connectivity index is 1.31. The van der Waals surface area contributed by atoms with Crippen LogP contribution in [0.15, 0.2) is 55.0 Å². The van der Waals surface area contributed by atoms with Gasteiger partial charge in [0.2, 0.25) is 0 Å². The molecule has 2 aliphatic rings. The summed E-state index contributed by atoms with van der Waals surface area (Å²) in [5, 5.41) is 15.3. The third kappa shape index (κ3) is 3.61. The fourth-order valence-corrected chi connectivity index (χ4v) is 5.90. The number of hydrogen-bond acceptors (Lipinski definition) is 6. The number of halogens is 1. The lowest BCUT2D eigenvalue weighted by Gasteiger charge is -2.48. The monoisotopic (exact) mass is 501 g/mol. The largest absolute Gasteiger partial charge is 0.465 e. The molecule has 9 nitrogen and oxygen atoms in total. The lowest BCUT2D eigenvalue weighted by atomic mass is 9.73. The van der Waals surface area contributed by atoms with E-state index in [4.69, 9.17) is 5.10 Å². The molecule has 4 aromatic rings. The van der Waals surface area contributed by atoms with Gasteiger partial charge in [-0.05, 0) is 30.0 Å². The summed E-state index contributed by atoms with van der Waals surface area (Å²) >= 11 is 0. The third-order valence-corrected chi connectivity index (χ3v) is 7.95. The molecule has 0 aliphatic carbocycles. The van der Waals surface area contributed by atoms with Gasteiger partial charge in [-0.1, -0.05) is 39.0 Å². The van der Waals surface area contributed by atoms with Crippen molar-refractivity contribution in [2.24, 2.45) is 5.41 Å². The number of rotatable bonds is 4. The fraction of sp³-hybridized carbons (Fsp3) is 0.370. The normalized spacial score (nSPS) is 21.2. The number of pyridine rings is 1. The summed E-state index contributed by atoms with van der Waals surface area (Å²) in [6.45, 7) is 7.61. The van der Waals surface area contributed by atoms with E-state index >= 15 is 0 Å². The van der Waals surface area contributed by atoms with Crippen LogP contribution in [0, 0.1) is 11.2 Å². The minimum absolute atomic E-state index is 0.0785. The van der Waals surface area contributed by atoms with Crippen LogP contribution in [0.25, 0.3) is 22.6 Å². The molecule has 2 atom stereocenters. The average molecular weight is 502 g/mol. The third-order valence-electron chi connectivity index (χ3n) is 7.95. The Morgan fingerprint density at radius 3 is 2.59 bits per heavy atom. The molecular formula is C27H28FN7O2. The number of anilines is 1. The molecule has 0 saturated carbocycles. The van der Waals surface area contributed by atoms with Crippen molar-refractivity contribution >= 4 is 22.8 Å². The summed E-state index contributed by atoms with van der Waals surface area (Å²) < 4.78 is 16.0. The zero-order chi connectivity index (χ0) is 25.9. The Morgan fingerprint density at radius 2 is 1.89 bits per heavy atom. The van der Waals surface area contributed by atoms with Crippen molar-refractivity contribution in [3.63, 3.8) is 0 Å². The Hall–Kier alpha value is -4.08. The zero-order valence-electron chi connectivity index (χ0n) is 21.0. The average Bonchev–Trinajstić information content (AvgIpc) is 3.57. The van der Waals surface area contributed by atoms with Crippen LogP contribution in [0.5, 0.6) is 0 Å². The minimum Gasteiger partial charge on any atom is -0.465 e. The summed E-state index contributed by atoms with van der Waals surface area (Å²) in [6.07, 6.45) is 5.16. The minimum atomic E-state index is -0.866. The van der Waals surface area contributed by atoms with Crippen molar-refractivity contribution in [3.05, 3.63) is 66.4 Å². The second kappa shape index (κ2) is 8.22. The maximum atomic E-state index is 14.3. The van der Waals surface area contributed by atoms with Gasteiger partial charge < -0.3 is 10.0 Å². The number of piperazine rings is 1. The number of likely N-dealkylation sites (tertiary alicyclic amines) is 1. The molecule has 3 aromatic heterocycles. The first-order chi connectivity index (χ1) is 17.7. The SMILES string of the molecule is CC(C)(C)C12CC(CN1C(=O)O)N(c1cnc(-c3nn(Cc4ccccc4F)c4ncccc34)nc1)C2. The smallest absolute Gasteiger partial charge is 0.407 e. The summed E-state index contributed by atoms with van der Waals surface area (Å²) in [5.74, 6) is 0.162. The Morgan fingerprint density at radius 1 is 1.14 bits per heavy atom. The van der Waals surface area contributed by atoms with E-state index in [9.17, 15) is 14.3 Å². The van der Waals surface area contributed by atoms with E-state index < -0.39 is 11.6 Å². The molecule has 190 valence electrons. The molecule has 0 spiro atoms. The molecule has 1 N–H and O–H groups in total. The van der Waals surface area contributed by atoms with Gasteiger partial charge >= 0.3 is 6.09 Å². The van der Waals surface area contributed by atoms with Crippen LogP contribution >= 0.6 is 0 Å². The van der Waals surface area contributed by atoms with Crippen LogP contribution in [0.1, 0.15) is 32.8 Å². The number of carbonyl (C=O) groups is 1. The second-order valence-electron chi connectivity index (χ2n) is 10.9. The lowest BCUT2D eigenvalue weighted by molar-refractivity contribution is 0.0363. The van der Waals surface area contributed by atoms with Gasteiger partial charge in [0.05, 0.1) is 35.6 Å². The molecule has 1 aromatic carbocycles. The lowest BCUT2D eigenvalue weighted by Crippen LogP contribution is -2.61. The highest BCUT2D eigenvalue weighted by Gasteiger charge is 2.61. The first kappa shape index (κ1) is 23.3. The summed E-state index contributed by atoms with van der Waals surface area (Å²) in [5.41, 5.74) is 1.91. The molecule has 2 saturated heterocycles. The first-order valence-electron chi connectivity index (χ1n) is 12.3. The molecule has 0 radical (unpaired) electrons. The van der Waals surface area contributed by atoms with E-state index in [2.05, 4.69) is 40.6 Å². The molecule has 2 bridgehead atoms. The Bertz CT molecular complexity index is 1500. The number of carboxylic acid groups (broad SMARTS) is 1. The summed E-state index contributed by atoms with van der Waals surface area (Å²) in [4.78, 5) is 29.6. The maximum Gasteiger partial charge on any atom is 0.407 e. The van der Waals surface area contributed by atoms with Crippen LogP contribution in [-0.2, 0) is 6.54 Å². The van der Waals surface area contributed by atoms with Gasteiger partial charge in [-0.2, -0.15) is 5.10 Å². The van der Waals surface area contributed by atoms with Crippen molar-refractivity contribution in [2.45, 2.75) is 45.3 Å². The van der Waals surface area contributed by atoms with Crippen molar-refractivity contribution in [2.75, 3.05) is 18.0 Å². The van der Waals surface area contributed by atoms with Gasteiger partial charge in [-0.15, -0.1) is 0 Å². The Labute approximate surface area is 213 Å². The predicted octanol–water partition coefficient (Wildman–Crippen LogP) is 4.43. The maximum absolute atomic E-state index is 14.3. The molecule has 2 aliphatic heterocycles. The van der Waals surface area contributed by atoms with Crippen LogP contribution in [-0.4, -0.2) is 65.5 Å². The zero-order valence-corrected chi connectivity index (χ0v) is 21.0. The predicted molar refractivity (Wildman–Crippen MR) is 137 cm³/mol. The van der Waals surface area contributed by atoms with Crippen LogP contribution in [0.2, 0.25) is 0 Å². The van der Waals surface area contributed by atoms with Gasteiger partial charge in [0, 0.05) is 30.9 Å². The molecule has 6 rings (SSSR count). The highest BCUT2D eigenvalue weighted by Crippen LogP contribution is 2.51. The highest BCUT2D eigenvalue weighted by atomic mass is 19.1. The van der Waals surface area contributed by atoms with Crippen molar-refractivity contribution in [3.8, 4) is 11.5 Å². The van der Waals surface area contributed by atoms with Crippen molar-refractivity contribution in [1.29, 1.82) is 0 Å². The summed E-state index contributed by atoms with van der Waals surface area (Å²) in [6, 6.07) is 10.4. The van der Waals surface area contributed by atoms with E-state index in [1.165, 1.54) is 6.07 Å². The number of aromatic nitrogens is 5. The van der Waals surface area contributed by atoms with Gasteiger partial charge in [0.15, 0.2) is 11.5 Å². The van der Waals surface area contributed by atoms with Crippen molar-refractivity contribution in [1.82, 2.24) is 29.6 Å². The molecule has 10 heteroatoms. The van der Waals surface area contributed by atoms with E-state index in [1.807, 2.05) is 12.1 Å². The topological polar surface area (TPSA) is 100 Å². The van der Waals surface area contributed by atoms with E-state index in [0.29, 0.717) is 35.8 Å². The number of fused-ring (bicyclic) bond motifs is 3.